The molecule has 1 heterocycles. The van der Waals surface area contributed by atoms with Gasteiger partial charge in [-0.2, -0.15) is 0 Å². The summed E-state index contributed by atoms with van der Waals surface area (Å²) in [4.78, 5) is 2.31. The number of hydrogen-bond acceptors (Lipinski definition) is 2. The van der Waals surface area contributed by atoms with Gasteiger partial charge in [-0.05, 0) is 37.7 Å². The average Bonchev–Trinajstić information content (AvgIpc) is 2.71. The van der Waals surface area contributed by atoms with Crippen LogP contribution in [0.3, 0.4) is 0 Å². The molecule has 21 heavy (non-hydrogen) atoms. The van der Waals surface area contributed by atoms with E-state index in [1.165, 1.54) is 42.7 Å². The smallest absolute Gasteiger partial charge is 0.0716 e. The number of aliphatic hydroxyl groups is 1. The van der Waals surface area contributed by atoms with Gasteiger partial charge in [0.25, 0.3) is 0 Å². The molecule has 0 aromatic heterocycles. The Morgan fingerprint density at radius 1 is 1.19 bits per heavy atom. The van der Waals surface area contributed by atoms with Gasteiger partial charge in [-0.25, -0.2) is 0 Å². The second kappa shape index (κ2) is 6.83. The van der Waals surface area contributed by atoms with E-state index in [0.717, 1.165) is 19.3 Å². The third kappa shape index (κ3) is 2.83. The van der Waals surface area contributed by atoms with Gasteiger partial charge in [-0.3, -0.25) is 0 Å². The molecule has 1 fully saturated rings. The number of rotatable bonds is 7. The third-order valence-electron chi connectivity index (χ3n) is 5.03. The summed E-state index contributed by atoms with van der Waals surface area (Å²) in [6, 6.07) is 0. The second-order valence-electron chi connectivity index (χ2n) is 6.49. The molecule has 0 saturated carbocycles. The van der Waals surface area contributed by atoms with Crippen LogP contribution < -0.4 is 0 Å². The summed E-state index contributed by atoms with van der Waals surface area (Å²) in [5.41, 5.74) is 4.16. The van der Waals surface area contributed by atoms with E-state index in [-0.39, 0.29) is 11.5 Å². The Morgan fingerprint density at radius 3 is 2.38 bits per heavy atom. The maximum absolute atomic E-state index is 10.1. The summed E-state index contributed by atoms with van der Waals surface area (Å²) in [5.74, 6) is 0. The molecule has 1 saturated heterocycles. The van der Waals surface area contributed by atoms with Gasteiger partial charge in [0.1, 0.15) is 0 Å². The minimum absolute atomic E-state index is 0.114. The normalized spacial score (nSPS) is 21.9. The Bertz CT molecular complexity index is 440. The van der Waals surface area contributed by atoms with Gasteiger partial charge in [-0.15, -0.1) is 0 Å². The Balaban J connectivity index is 2.40. The number of likely N-dealkylation sites (tertiary alicyclic amines) is 1. The molecule has 2 rings (SSSR count). The van der Waals surface area contributed by atoms with Gasteiger partial charge in [0.15, 0.2) is 0 Å². The first-order valence-corrected chi connectivity index (χ1v) is 8.66. The van der Waals surface area contributed by atoms with Crippen LogP contribution in [0.4, 0.5) is 0 Å². The van der Waals surface area contributed by atoms with Crippen molar-refractivity contribution in [1.82, 2.24) is 4.90 Å². The lowest BCUT2D eigenvalue weighted by molar-refractivity contribution is 0.137. The van der Waals surface area contributed by atoms with Crippen LogP contribution in [0.1, 0.15) is 65.7 Å². The molecule has 118 valence electrons. The molecule has 2 heteroatoms. The summed E-state index contributed by atoms with van der Waals surface area (Å²) < 4.78 is 0. The van der Waals surface area contributed by atoms with Crippen molar-refractivity contribution in [3.05, 3.63) is 35.7 Å². The van der Waals surface area contributed by atoms with E-state index in [2.05, 4.69) is 37.5 Å². The summed E-state index contributed by atoms with van der Waals surface area (Å²) in [5, 5.41) is 10.1. The van der Waals surface area contributed by atoms with E-state index in [1.54, 1.807) is 0 Å². The summed E-state index contributed by atoms with van der Waals surface area (Å²) >= 11 is 0. The molecule has 1 N–H and O–H groups in total. The molecule has 0 amide bonds. The Kier molecular flexibility index (Phi) is 5.32. The van der Waals surface area contributed by atoms with E-state index in [9.17, 15) is 5.11 Å². The fraction of sp³-hybridized carbons (Fsp3) is 0.684. The van der Waals surface area contributed by atoms with Crippen molar-refractivity contribution in [2.24, 2.45) is 5.41 Å². The molecule has 1 atom stereocenters. The maximum Gasteiger partial charge on any atom is 0.0716 e. The lowest BCUT2D eigenvalue weighted by Gasteiger charge is -2.32. The molecule has 0 radical (unpaired) electrons. The van der Waals surface area contributed by atoms with Crippen molar-refractivity contribution in [3.63, 3.8) is 0 Å². The van der Waals surface area contributed by atoms with Crippen molar-refractivity contribution in [2.75, 3.05) is 6.54 Å². The first kappa shape index (κ1) is 16.4. The molecule has 2 aliphatic rings. The highest BCUT2D eigenvalue weighted by molar-refractivity contribution is 5.51. The topological polar surface area (TPSA) is 23.5 Å². The predicted octanol–water partition coefficient (Wildman–Crippen LogP) is 4.78. The summed E-state index contributed by atoms with van der Waals surface area (Å²) in [6.45, 7) is 11.7. The van der Waals surface area contributed by atoms with Crippen LogP contribution in [0.5, 0.6) is 0 Å². The van der Waals surface area contributed by atoms with Crippen molar-refractivity contribution in [2.45, 2.75) is 71.8 Å². The predicted molar refractivity (Wildman–Crippen MR) is 89.8 cm³/mol. The van der Waals surface area contributed by atoms with E-state index in [0.29, 0.717) is 6.54 Å². The van der Waals surface area contributed by atoms with Crippen LogP contribution in [0.15, 0.2) is 35.7 Å². The average molecular weight is 289 g/mol. The van der Waals surface area contributed by atoms with Crippen LogP contribution in [0.2, 0.25) is 0 Å². The van der Waals surface area contributed by atoms with Crippen molar-refractivity contribution < 1.29 is 5.11 Å². The largest absolute Gasteiger partial charge is 0.391 e. The number of β-amino-alcohol motifs (C(OH)–C–C–N with tert-alkyl or cyclic N) is 1. The van der Waals surface area contributed by atoms with Crippen LogP contribution >= 0.6 is 0 Å². The van der Waals surface area contributed by atoms with E-state index in [1.807, 2.05) is 6.92 Å². The second-order valence-corrected chi connectivity index (χ2v) is 6.49. The highest BCUT2D eigenvalue weighted by atomic mass is 16.3. The molecular weight excluding hydrogens is 258 g/mol. The molecule has 1 aliphatic carbocycles. The third-order valence-corrected chi connectivity index (χ3v) is 5.03. The number of aliphatic hydroxyl groups excluding tert-OH is 1. The number of allylic oxidation sites excluding steroid dienone is 4. The maximum atomic E-state index is 10.1. The van der Waals surface area contributed by atoms with Crippen LogP contribution in [0.25, 0.3) is 0 Å². The van der Waals surface area contributed by atoms with Gasteiger partial charge in [-0.1, -0.05) is 52.3 Å². The standard InChI is InChI=1S/C19H31NO/c1-5-12-19(13-6-2)15(4)20(14-16(21)7-3)18-11-9-8-10-17(18)19/h10-11,16,21H,4-9,12-14H2,1-3H3. The van der Waals surface area contributed by atoms with Crippen LogP contribution in [-0.4, -0.2) is 22.7 Å². The molecule has 0 aromatic rings. The summed E-state index contributed by atoms with van der Waals surface area (Å²) in [7, 11) is 0. The minimum atomic E-state index is -0.273. The SMILES string of the molecule is C=C1N(CC(O)CC)C2=CCCC=C2C1(CCC)CCC. The van der Waals surface area contributed by atoms with Crippen LogP contribution in [-0.2, 0) is 0 Å². The Labute approximate surface area is 130 Å². The Morgan fingerprint density at radius 2 is 1.81 bits per heavy atom. The molecular formula is C19H31NO. The van der Waals surface area contributed by atoms with Gasteiger partial charge in [0, 0.05) is 23.4 Å². The highest BCUT2D eigenvalue weighted by Gasteiger charge is 2.47. The number of nitrogens with zero attached hydrogens (tertiary/aromatic N) is 1. The quantitative estimate of drug-likeness (QED) is 0.729. The van der Waals surface area contributed by atoms with Crippen molar-refractivity contribution in [3.8, 4) is 0 Å². The van der Waals surface area contributed by atoms with Gasteiger partial charge in [0.05, 0.1) is 6.10 Å². The van der Waals surface area contributed by atoms with Gasteiger partial charge >= 0.3 is 0 Å². The first-order chi connectivity index (χ1) is 10.1. The monoisotopic (exact) mass is 289 g/mol. The molecule has 2 nitrogen and oxygen atoms in total. The molecule has 0 bridgehead atoms. The zero-order valence-electron chi connectivity index (χ0n) is 14.0. The molecule has 0 aromatic carbocycles. The van der Waals surface area contributed by atoms with Crippen LogP contribution in [0, 0.1) is 5.41 Å². The van der Waals surface area contributed by atoms with E-state index < -0.39 is 0 Å². The zero-order chi connectivity index (χ0) is 15.5. The fourth-order valence-electron chi connectivity index (χ4n) is 4.00. The van der Waals surface area contributed by atoms with Gasteiger partial charge < -0.3 is 10.0 Å². The number of hydrogen-bond donors (Lipinski definition) is 1. The van der Waals surface area contributed by atoms with Crippen molar-refractivity contribution in [1.29, 1.82) is 0 Å². The zero-order valence-corrected chi connectivity index (χ0v) is 14.0. The molecule has 1 unspecified atom stereocenters. The fourth-order valence-corrected chi connectivity index (χ4v) is 4.00. The minimum Gasteiger partial charge on any atom is -0.391 e. The molecule has 1 aliphatic heterocycles. The lowest BCUT2D eigenvalue weighted by Crippen LogP contribution is -2.30. The first-order valence-electron chi connectivity index (χ1n) is 8.66. The Hall–Kier alpha value is -1.02. The van der Waals surface area contributed by atoms with Crippen molar-refractivity contribution >= 4 is 0 Å². The van der Waals surface area contributed by atoms with E-state index in [4.69, 9.17) is 0 Å². The molecule has 0 spiro atoms. The number of fused-ring (bicyclic) bond motifs is 1. The van der Waals surface area contributed by atoms with E-state index >= 15 is 0 Å². The highest BCUT2D eigenvalue weighted by Crippen LogP contribution is 2.56. The summed E-state index contributed by atoms with van der Waals surface area (Å²) in [6.07, 6.45) is 12.3. The van der Waals surface area contributed by atoms with Gasteiger partial charge in [0.2, 0.25) is 0 Å². The lowest BCUT2D eigenvalue weighted by atomic mass is 9.71.